The molecule has 0 spiro atoms. The van der Waals surface area contributed by atoms with E-state index in [1.54, 1.807) is 0 Å². The van der Waals surface area contributed by atoms with Gasteiger partial charge in [0.2, 0.25) is 0 Å². The fraction of sp³-hybridized carbons (Fsp3) is 1.00. The van der Waals surface area contributed by atoms with E-state index in [0.717, 1.165) is 35.0 Å². The standard InChI is InChI=1S/C17H28O/c1-10-5-12(7-16(3)9-14(10)16)13-6-11(2)15-17(4,8-13)18-15/h10-15H,5-9H2,1-4H3. The summed E-state index contributed by atoms with van der Waals surface area (Å²) in [5.41, 5.74) is 1.00. The summed E-state index contributed by atoms with van der Waals surface area (Å²) in [5, 5.41) is 0. The molecule has 1 saturated heterocycles. The van der Waals surface area contributed by atoms with E-state index in [1.807, 2.05) is 0 Å². The molecule has 18 heavy (non-hydrogen) atoms. The Labute approximate surface area is 112 Å². The molecule has 8 atom stereocenters. The van der Waals surface area contributed by atoms with Gasteiger partial charge in [0.1, 0.15) is 0 Å². The van der Waals surface area contributed by atoms with Crippen molar-refractivity contribution in [1.29, 1.82) is 0 Å². The van der Waals surface area contributed by atoms with E-state index in [4.69, 9.17) is 4.74 Å². The van der Waals surface area contributed by atoms with Gasteiger partial charge in [-0.25, -0.2) is 0 Å². The van der Waals surface area contributed by atoms with Gasteiger partial charge in [0, 0.05) is 0 Å². The molecular formula is C17H28O. The Balaban J connectivity index is 1.50. The largest absolute Gasteiger partial charge is 0.366 e. The van der Waals surface area contributed by atoms with Crippen molar-refractivity contribution in [2.75, 3.05) is 0 Å². The van der Waals surface area contributed by atoms with E-state index in [1.165, 1.54) is 32.1 Å². The summed E-state index contributed by atoms with van der Waals surface area (Å²) in [7, 11) is 0. The predicted molar refractivity (Wildman–Crippen MR) is 73.3 cm³/mol. The number of epoxide rings is 1. The molecule has 0 amide bonds. The van der Waals surface area contributed by atoms with Gasteiger partial charge in [0.05, 0.1) is 11.7 Å². The van der Waals surface area contributed by atoms with Gasteiger partial charge in [-0.3, -0.25) is 0 Å². The molecule has 3 aliphatic carbocycles. The van der Waals surface area contributed by atoms with Gasteiger partial charge in [-0.1, -0.05) is 20.8 Å². The molecule has 0 N–H and O–H groups in total. The smallest absolute Gasteiger partial charge is 0.0926 e. The molecule has 4 fully saturated rings. The maximum Gasteiger partial charge on any atom is 0.0926 e. The summed E-state index contributed by atoms with van der Waals surface area (Å²) in [6.07, 6.45) is 7.90. The first-order chi connectivity index (χ1) is 8.41. The molecule has 1 heteroatoms. The van der Waals surface area contributed by atoms with Crippen LogP contribution < -0.4 is 0 Å². The van der Waals surface area contributed by atoms with Crippen LogP contribution in [0.2, 0.25) is 0 Å². The first-order valence-electron chi connectivity index (χ1n) is 8.09. The van der Waals surface area contributed by atoms with Crippen LogP contribution >= 0.6 is 0 Å². The monoisotopic (exact) mass is 248 g/mol. The van der Waals surface area contributed by atoms with Gasteiger partial charge in [-0.15, -0.1) is 0 Å². The van der Waals surface area contributed by atoms with Gasteiger partial charge in [0.25, 0.3) is 0 Å². The van der Waals surface area contributed by atoms with Crippen LogP contribution in [-0.2, 0) is 4.74 Å². The zero-order valence-electron chi connectivity index (χ0n) is 12.4. The van der Waals surface area contributed by atoms with E-state index in [9.17, 15) is 0 Å². The van der Waals surface area contributed by atoms with Crippen molar-refractivity contribution in [3.63, 3.8) is 0 Å². The molecule has 4 aliphatic rings. The fourth-order valence-electron chi connectivity index (χ4n) is 5.95. The third kappa shape index (κ3) is 1.55. The minimum Gasteiger partial charge on any atom is -0.366 e. The highest BCUT2D eigenvalue weighted by Gasteiger charge is 2.62. The summed E-state index contributed by atoms with van der Waals surface area (Å²) in [4.78, 5) is 0. The molecule has 0 aromatic heterocycles. The van der Waals surface area contributed by atoms with Gasteiger partial charge >= 0.3 is 0 Å². The molecule has 0 bridgehead atoms. The molecule has 8 unspecified atom stereocenters. The lowest BCUT2D eigenvalue weighted by atomic mass is 9.64. The zero-order valence-corrected chi connectivity index (χ0v) is 12.4. The minimum atomic E-state index is 0.271. The first-order valence-corrected chi connectivity index (χ1v) is 8.09. The lowest BCUT2D eigenvalue weighted by Crippen LogP contribution is -2.35. The molecule has 0 aromatic carbocycles. The van der Waals surface area contributed by atoms with Crippen LogP contribution in [0.25, 0.3) is 0 Å². The maximum atomic E-state index is 5.99. The summed E-state index contributed by atoms with van der Waals surface area (Å²) < 4.78 is 5.99. The van der Waals surface area contributed by atoms with E-state index in [2.05, 4.69) is 27.7 Å². The number of hydrogen-bond donors (Lipinski definition) is 0. The van der Waals surface area contributed by atoms with Crippen LogP contribution in [0.1, 0.15) is 59.8 Å². The van der Waals surface area contributed by atoms with E-state index < -0.39 is 0 Å². The average Bonchev–Trinajstić information content (AvgIpc) is 3.12. The van der Waals surface area contributed by atoms with Crippen molar-refractivity contribution in [3.8, 4) is 0 Å². The van der Waals surface area contributed by atoms with Gasteiger partial charge in [-0.2, -0.15) is 0 Å². The van der Waals surface area contributed by atoms with Crippen LogP contribution in [-0.4, -0.2) is 11.7 Å². The van der Waals surface area contributed by atoms with Crippen molar-refractivity contribution in [2.24, 2.45) is 35.0 Å². The van der Waals surface area contributed by atoms with Crippen molar-refractivity contribution in [3.05, 3.63) is 0 Å². The van der Waals surface area contributed by atoms with Crippen molar-refractivity contribution in [1.82, 2.24) is 0 Å². The summed E-state index contributed by atoms with van der Waals surface area (Å²) in [5.74, 6) is 4.79. The second kappa shape index (κ2) is 3.34. The van der Waals surface area contributed by atoms with Crippen molar-refractivity contribution < 1.29 is 4.74 Å². The summed E-state index contributed by atoms with van der Waals surface area (Å²) in [6.45, 7) is 9.82. The van der Waals surface area contributed by atoms with Crippen molar-refractivity contribution >= 4 is 0 Å². The third-order valence-corrected chi connectivity index (χ3v) is 6.98. The molecule has 102 valence electrons. The van der Waals surface area contributed by atoms with Gasteiger partial charge in [-0.05, 0) is 74.0 Å². The Hall–Kier alpha value is -0.0400. The Morgan fingerprint density at radius 3 is 2.22 bits per heavy atom. The highest BCUT2D eigenvalue weighted by Crippen LogP contribution is 2.67. The summed E-state index contributed by atoms with van der Waals surface area (Å²) in [6, 6.07) is 0. The molecule has 3 saturated carbocycles. The molecule has 4 rings (SSSR count). The summed E-state index contributed by atoms with van der Waals surface area (Å²) >= 11 is 0. The first kappa shape index (κ1) is 11.8. The van der Waals surface area contributed by atoms with Crippen LogP contribution in [0.5, 0.6) is 0 Å². The minimum absolute atomic E-state index is 0.271. The molecular weight excluding hydrogens is 220 g/mol. The maximum absolute atomic E-state index is 5.99. The quantitative estimate of drug-likeness (QED) is 0.632. The highest BCUT2D eigenvalue weighted by atomic mass is 16.6. The third-order valence-electron chi connectivity index (χ3n) is 6.98. The lowest BCUT2D eigenvalue weighted by molar-refractivity contribution is 0.108. The van der Waals surface area contributed by atoms with Gasteiger partial charge < -0.3 is 4.74 Å². The highest BCUT2D eigenvalue weighted by molar-refractivity contribution is 5.11. The Bertz CT molecular complexity index is 342. The second-order valence-corrected chi connectivity index (χ2v) is 8.67. The number of hydrogen-bond acceptors (Lipinski definition) is 1. The topological polar surface area (TPSA) is 12.5 Å². The van der Waals surface area contributed by atoms with Gasteiger partial charge in [0.15, 0.2) is 0 Å². The average molecular weight is 248 g/mol. The molecule has 1 nitrogen and oxygen atoms in total. The molecule has 0 aromatic rings. The number of ether oxygens (including phenoxy) is 1. The van der Waals surface area contributed by atoms with Crippen LogP contribution in [0.3, 0.4) is 0 Å². The van der Waals surface area contributed by atoms with Crippen LogP contribution in [0.4, 0.5) is 0 Å². The molecule has 0 radical (unpaired) electrons. The molecule has 1 aliphatic heterocycles. The number of rotatable bonds is 1. The number of fused-ring (bicyclic) bond motifs is 2. The Morgan fingerprint density at radius 1 is 0.889 bits per heavy atom. The lowest BCUT2D eigenvalue weighted by Gasteiger charge is -2.39. The Kier molecular flexibility index (Phi) is 2.18. The van der Waals surface area contributed by atoms with Crippen LogP contribution in [0.15, 0.2) is 0 Å². The molecule has 1 heterocycles. The van der Waals surface area contributed by atoms with Crippen LogP contribution in [0, 0.1) is 35.0 Å². The second-order valence-electron chi connectivity index (χ2n) is 8.67. The van der Waals surface area contributed by atoms with E-state index in [-0.39, 0.29) is 5.60 Å². The fourth-order valence-corrected chi connectivity index (χ4v) is 5.95. The normalized spacial score (nSPS) is 66.0. The van der Waals surface area contributed by atoms with Crippen molar-refractivity contribution in [2.45, 2.75) is 71.5 Å². The predicted octanol–water partition coefficient (Wildman–Crippen LogP) is 4.26. The Morgan fingerprint density at radius 2 is 1.56 bits per heavy atom. The van der Waals surface area contributed by atoms with E-state index >= 15 is 0 Å². The SMILES string of the molecule is CC1CC(C2CC(C)C3OC3(C)C2)CC2(C)CC12. The zero-order chi connectivity index (χ0) is 12.7. The van der Waals surface area contributed by atoms with E-state index in [0.29, 0.717) is 6.10 Å².